The lowest BCUT2D eigenvalue weighted by molar-refractivity contribution is 0.228. The molecule has 0 aliphatic heterocycles. The van der Waals surface area contributed by atoms with E-state index in [1.807, 2.05) is 5.43 Å². The average molecular weight is 371 g/mol. The minimum absolute atomic E-state index is 0.426. The molecule has 0 unspecified atom stereocenters. The van der Waals surface area contributed by atoms with Crippen molar-refractivity contribution < 1.29 is 9.59 Å². The van der Waals surface area contributed by atoms with Crippen LogP contribution < -0.4 is 21.9 Å². The Labute approximate surface area is 160 Å². The van der Waals surface area contributed by atoms with Crippen molar-refractivity contribution in [1.82, 2.24) is 16.2 Å². The highest BCUT2D eigenvalue weighted by atomic mass is 16.2. The molecule has 0 spiro atoms. The van der Waals surface area contributed by atoms with Crippen LogP contribution in [-0.2, 0) is 0 Å². The number of hydrogen-bond donors (Lipinski definition) is 4. The first kappa shape index (κ1) is 24.5. The summed E-state index contributed by atoms with van der Waals surface area (Å²) in [7, 11) is 0. The summed E-state index contributed by atoms with van der Waals surface area (Å²) in [4.78, 5) is 21.6. The van der Waals surface area contributed by atoms with Crippen LogP contribution in [0.5, 0.6) is 0 Å². The summed E-state index contributed by atoms with van der Waals surface area (Å²) in [5.41, 5.74) is 9.03. The predicted octanol–water partition coefficient (Wildman–Crippen LogP) is 5.13. The van der Waals surface area contributed by atoms with E-state index in [9.17, 15) is 9.59 Å². The second-order valence-electron chi connectivity index (χ2n) is 7.17. The van der Waals surface area contributed by atoms with Gasteiger partial charge in [-0.2, -0.15) is 0 Å². The van der Waals surface area contributed by atoms with Gasteiger partial charge in [0, 0.05) is 6.54 Å². The van der Waals surface area contributed by atoms with E-state index in [1.54, 1.807) is 0 Å². The maximum atomic E-state index is 11.2. The fourth-order valence-corrected chi connectivity index (χ4v) is 3.04. The molecule has 6 heteroatoms. The summed E-state index contributed by atoms with van der Waals surface area (Å²) in [6.45, 7) is 2.89. The van der Waals surface area contributed by atoms with Crippen LogP contribution in [0.3, 0.4) is 0 Å². The molecule has 0 saturated heterocycles. The van der Waals surface area contributed by atoms with Crippen LogP contribution in [0.1, 0.15) is 110 Å². The number of hydrogen-bond acceptors (Lipinski definition) is 2. The SMILES string of the molecule is CCCCCCCCCCCCCCCCCCNC(=O)NNC(N)=O. The molecule has 6 nitrogen and oxygen atoms in total. The van der Waals surface area contributed by atoms with Crippen LogP contribution >= 0.6 is 0 Å². The lowest BCUT2D eigenvalue weighted by Crippen LogP contribution is -2.49. The number of carbonyl (C=O) groups excluding carboxylic acids is 2. The number of nitrogens with one attached hydrogen (secondary N) is 3. The van der Waals surface area contributed by atoms with Crippen LogP contribution in [0, 0.1) is 0 Å². The van der Waals surface area contributed by atoms with E-state index in [2.05, 4.69) is 17.7 Å². The third-order valence-electron chi connectivity index (χ3n) is 4.62. The third-order valence-corrected chi connectivity index (χ3v) is 4.62. The molecule has 0 aromatic rings. The number of carbonyl (C=O) groups is 2. The molecule has 0 bridgehead atoms. The zero-order chi connectivity index (χ0) is 19.3. The van der Waals surface area contributed by atoms with Gasteiger partial charge in [0.25, 0.3) is 0 Å². The van der Waals surface area contributed by atoms with Crippen molar-refractivity contribution in [1.29, 1.82) is 0 Å². The van der Waals surface area contributed by atoms with Gasteiger partial charge in [0.2, 0.25) is 0 Å². The lowest BCUT2D eigenvalue weighted by atomic mass is 10.0. The fourth-order valence-electron chi connectivity index (χ4n) is 3.04. The second-order valence-corrected chi connectivity index (χ2v) is 7.17. The number of urea groups is 2. The number of rotatable bonds is 17. The monoisotopic (exact) mass is 370 g/mol. The Kier molecular flexibility index (Phi) is 18.7. The smallest absolute Gasteiger partial charge is 0.333 e. The maximum Gasteiger partial charge on any atom is 0.333 e. The van der Waals surface area contributed by atoms with Gasteiger partial charge in [-0.25, -0.2) is 20.4 Å². The number of amides is 4. The van der Waals surface area contributed by atoms with E-state index in [0.717, 1.165) is 12.8 Å². The van der Waals surface area contributed by atoms with Crippen molar-refractivity contribution in [3.63, 3.8) is 0 Å². The van der Waals surface area contributed by atoms with Crippen LogP contribution in [-0.4, -0.2) is 18.6 Å². The fraction of sp³-hybridized carbons (Fsp3) is 0.900. The largest absolute Gasteiger partial charge is 0.350 e. The Bertz CT molecular complexity index is 338. The van der Waals surface area contributed by atoms with Crippen molar-refractivity contribution in [2.45, 2.75) is 110 Å². The van der Waals surface area contributed by atoms with Gasteiger partial charge < -0.3 is 11.1 Å². The molecule has 0 radical (unpaired) electrons. The predicted molar refractivity (Wildman–Crippen MR) is 109 cm³/mol. The van der Waals surface area contributed by atoms with Crippen molar-refractivity contribution in [3.05, 3.63) is 0 Å². The Morgan fingerprint density at radius 3 is 1.38 bits per heavy atom. The van der Waals surface area contributed by atoms with Gasteiger partial charge in [-0.3, -0.25) is 0 Å². The molecule has 0 aromatic carbocycles. The van der Waals surface area contributed by atoms with Gasteiger partial charge in [0.05, 0.1) is 0 Å². The van der Waals surface area contributed by atoms with Crippen LogP contribution in [0.25, 0.3) is 0 Å². The summed E-state index contributed by atoms with van der Waals surface area (Å²) < 4.78 is 0. The van der Waals surface area contributed by atoms with E-state index in [-0.39, 0.29) is 0 Å². The summed E-state index contributed by atoms with van der Waals surface area (Å²) >= 11 is 0. The highest BCUT2D eigenvalue weighted by Crippen LogP contribution is 2.13. The van der Waals surface area contributed by atoms with Crippen molar-refractivity contribution >= 4 is 12.1 Å². The normalized spacial score (nSPS) is 10.5. The topological polar surface area (TPSA) is 96.2 Å². The van der Waals surface area contributed by atoms with Crippen molar-refractivity contribution in [3.8, 4) is 0 Å². The second kappa shape index (κ2) is 19.9. The number of primary amides is 1. The molecule has 5 N–H and O–H groups in total. The molecule has 0 saturated carbocycles. The van der Waals surface area contributed by atoms with Crippen molar-refractivity contribution in [2.75, 3.05) is 6.54 Å². The first-order chi connectivity index (χ1) is 12.7. The Morgan fingerprint density at radius 2 is 1.00 bits per heavy atom. The molecule has 0 atom stereocenters. The van der Waals surface area contributed by atoms with Crippen molar-refractivity contribution in [2.24, 2.45) is 5.73 Å². The van der Waals surface area contributed by atoms with Crippen LogP contribution in [0.4, 0.5) is 9.59 Å². The Morgan fingerprint density at radius 1 is 0.615 bits per heavy atom. The molecule has 0 aliphatic carbocycles. The highest BCUT2D eigenvalue weighted by molar-refractivity contribution is 5.78. The van der Waals surface area contributed by atoms with Gasteiger partial charge in [-0.05, 0) is 6.42 Å². The molecule has 0 rings (SSSR count). The molecule has 0 aliphatic rings. The van der Waals surface area contributed by atoms with E-state index < -0.39 is 12.1 Å². The van der Waals surface area contributed by atoms with E-state index >= 15 is 0 Å². The maximum absolute atomic E-state index is 11.2. The minimum Gasteiger partial charge on any atom is -0.350 e. The molecule has 154 valence electrons. The number of hydrazine groups is 1. The Hall–Kier alpha value is -1.46. The van der Waals surface area contributed by atoms with Gasteiger partial charge in [0.1, 0.15) is 0 Å². The number of unbranched alkanes of at least 4 members (excludes halogenated alkanes) is 15. The van der Waals surface area contributed by atoms with Gasteiger partial charge in [0.15, 0.2) is 0 Å². The lowest BCUT2D eigenvalue weighted by Gasteiger charge is -2.07. The summed E-state index contributed by atoms with van der Waals surface area (Å²) in [5.74, 6) is 0. The minimum atomic E-state index is -0.775. The summed E-state index contributed by atoms with van der Waals surface area (Å²) in [5, 5.41) is 2.67. The standard InChI is InChI=1S/C20H42N4O2/c1-2-3-4-5-6-7-8-9-10-11-12-13-14-15-16-17-18-22-20(26)24-23-19(21)25/h2-18H2,1H3,(H3,21,23,25)(H2,22,24,26). The van der Waals surface area contributed by atoms with E-state index in [0.29, 0.717) is 6.54 Å². The van der Waals surface area contributed by atoms with Crippen LogP contribution in [0.15, 0.2) is 0 Å². The third kappa shape index (κ3) is 20.6. The molecular formula is C20H42N4O2. The summed E-state index contributed by atoms with van der Waals surface area (Å²) in [6, 6.07) is -1.20. The number of nitrogens with two attached hydrogens (primary N) is 1. The molecule has 26 heavy (non-hydrogen) atoms. The van der Waals surface area contributed by atoms with E-state index in [1.165, 1.54) is 89.9 Å². The average Bonchev–Trinajstić information content (AvgIpc) is 2.62. The molecule has 0 fully saturated rings. The zero-order valence-corrected chi connectivity index (χ0v) is 16.9. The van der Waals surface area contributed by atoms with Gasteiger partial charge >= 0.3 is 12.1 Å². The molecule has 4 amide bonds. The highest BCUT2D eigenvalue weighted by Gasteiger charge is 1.99. The molecular weight excluding hydrogens is 328 g/mol. The first-order valence-corrected chi connectivity index (χ1v) is 10.8. The molecule has 0 aromatic heterocycles. The van der Waals surface area contributed by atoms with Gasteiger partial charge in [-0.15, -0.1) is 0 Å². The first-order valence-electron chi connectivity index (χ1n) is 10.8. The van der Waals surface area contributed by atoms with Crippen LogP contribution in [0.2, 0.25) is 0 Å². The quantitative estimate of drug-likeness (QED) is 0.211. The van der Waals surface area contributed by atoms with E-state index in [4.69, 9.17) is 5.73 Å². The zero-order valence-electron chi connectivity index (χ0n) is 16.9. The van der Waals surface area contributed by atoms with Gasteiger partial charge in [-0.1, -0.05) is 103 Å². The summed E-state index contributed by atoms with van der Waals surface area (Å²) in [6.07, 6.45) is 21.3. The molecule has 0 heterocycles. The Balaban J connectivity index is 3.09.